The summed E-state index contributed by atoms with van der Waals surface area (Å²) < 4.78 is 0. The van der Waals surface area contributed by atoms with Gasteiger partial charge in [-0.25, -0.2) is 0 Å². The molecule has 0 aliphatic carbocycles. The van der Waals surface area contributed by atoms with Gasteiger partial charge in [0.25, 0.3) is 0 Å². The second-order valence-electron chi connectivity index (χ2n) is 2.42. The number of nitrogens with one attached hydrogen (secondary N) is 1. The van der Waals surface area contributed by atoms with E-state index in [4.69, 9.17) is 11.6 Å². The van der Waals surface area contributed by atoms with Crippen LogP contribution in [0.25, 0.3) is 0 Å². The van der Waals surface area contributed by atoms with Crippen LogP contribution in [0.3, 0.4) is 0 Å². The number of hydrogen-bond donors (Lipinski definition) is 1. The number of halogens is 1. The Balaban J connectivity index is 1.96. The summed E-state index contributed by atoms with van der Waals surface area (Å²) in [5.41, 5.74) is 1.72. The molecule has 1 rings (SSSR count). The Kier molecular flexibility index (Phi) is 5.03. The molecular weight excluding hydrogens is 194 g/mol. The van der Waals surface area contributed by atoms with E-state index in [1.54, 1.807) is 5.51 Å². The molecule has 0 aliphatic rings. The Morgan fingerprint density at radius 3 is 3.00 bits per heavy atom. The number of aromatic nitrogens is 2. The van der Waals surface area contributed by atoms with Gasteiger partial charge >= 0.3 is 0 Å². The van der Waals surface area contributed by atoms with Gasteiger partial charge in [0.15, 0.2) is 0 Å². The number of hydrogen-bond acceptors (Lipinski definition) is 4. The molecule has 0 aromatic carbocycles. The lowest BCUT2D eigenvalue weighted by Crippen LogP contribution is -2.00. The monoisotopic (exact) mass is 205 g/mol. The number of anilines is 1. The molecule has 0 unspecified atom stereocenters. The van der Waals surface area contributed by atoms with Gasteiger partial charge in [-0.2, -0.15) is 0 Å². The van der Waals surface area contributed by atoms with Crippen LogP contribution in [0.15, 0.2) is 5.51 Å². The third kappa shape index (κ3) is 3.88. The van der Waals surface area contributed by atoms with Gasteiger partial charge in [-0.15, -0.1) is 21.8 Å². The predicted molar refractivity (Wildman–Crippen MR) is 53.0 cm³/mol. The normalized spacial score (nSPS) is 10.1. The first-order valence-corrected chi connectivity index (χ1v) is 5.41. The molecule has 0 spiro atoms. The van der Waals surface area contributed by atoms with Crippen LogP contribution in [-0.4, -0.2) is 22.6 Å². The van der Waals surface area contributed by atoms with E-state index in [-0.39, 0.29) is 0 Å². The first-order chi connectivity index (χ1) is 5.93. The molecule has 68 valence electrons. The summed E-state index contributed by atoms with van der Waals surface area (Å²) in [6.45, 7) is 0.964. The molecule has 0 atom stereocenters. The SMILES string of the molecule is ClCCCCCNc1nncs1. The molecule has 0 saturated heterocycles. The van der Waals surface area contributed by atoms with Gasteiger partial charge in [-0.3, -0.25) is 0 Å². The molecular formula is C7H12ClN3S. The maximum Gasteiger partial charge on any atom is 0.205 e. The van der Waals surface area contributed by atoms with Crippen LogP contribution >= 0.6 is 22.9 Å². The third-order valence-electron chi connectivity index (χ3n) is 1.45. The van der Waals surface area contributed by atoms with Crippen molar-refractivity contribution in [1.29, 1.82) is 0 Å². The lowest BCUT2D eigenvalue weighted by atomic mass is 10.2. The van der Waals surface area contributed by atoms with Crippen LogP contribution in [-0.2, 0) is 0 Å². The first-order valence-electron chi connectivity index (χ1n) is 3.99. The molecule has 1 aromatic rings. The Morgan fingerprint density at radius 1 is 1.42 bits per heavy atom. The predicted octanol–water partition coefficient (Wildman–Crippen LogP) is 2.36. The molecule has 5 heteroatoms. The molecule has 0 aliphatic heterocycles. The standard InChI is InChI=1S/C7H12ClN3S/c8-4-2-1-3-5-9-7-11-10-6-12-7/h6H,1-5H2,(H,9,11). The zero-order valence-electron chi connectivity index (χ0n) is 6.79. The van der Waals surface area contributed by atoms with E-state index in [9.17, 15) is 0 Å². The van der Waals surface area contributed by atoms with Gasteiger partial charge < -0.3 is 5.32 Å². The maximum absolute atomic E-state index is 5.54. The van der Waals surface area contributed by atoms with Crippen molar-refractivity contribution in [3.63, 3.8) is 0 Å². The zero-order chi connectivity index (χ0) is 8.65. The summed E-state index contributed by atoms with van der Waals surface area (Å²) in [5.74, 6) is 0.763. The van der Waals surface area contributed by atoms with Crippen molar-refractivity contribution in [2.24, 2.45) is 0 Å². The molecule has 0 bridgehead atoms. The molecule has 0 radical (unpaired) electrons. The van der Waals surface area contributed by atoms with Gasteiger partial charge in [0.1, 0.15) is 5.51 Å². The smallest absolute Gasteiger partial charge is 0.205 e. The Labute approximate surface area is 81.2 Å². The fourth-order valence-electron chi connectivity index (χ4n) is 0.842. The van der Waals surface area contributed by atoms with E-state index in [1.807, 2.05) is 0 Å². The number of unbranched alkanes of at least 4 members (excludes halogenated alkanes) is 2. The first kappa shape index (κ1) is 9.74. The summed E-state index contributed by atoms with van der Waals surface area (Å²) in [6.07, 6.45) is 3.42. The van der Waals surface area contributed by atoms with Crippen LogP contribution in [0, 0.1) is 0 Å². The third-order valence-corrected chi connectivity index (χ3v) is 2.36. The average molecular weight is 206 g/mol. The lowest BCUT2D eigenvalue weighted by Gasteiger charge is -1.99. The van der Waals surface area contributed by atoms with Crippen LogP contribution in [0.1, 0.15) is 19.3 Å². The molecule has 0 saturated carbocycles. The van der Waals surface area contributed by atoms with E-state index in [0.29, 0.717) is 0 Å². The summed E-state index contributed by atoms with van der Waals surface area (Å²) in [7, 11) is 0. The fraction of sp³-hybridized carbons (Fsp3) is 0.714. The van der Waals surface area contributed by atoms with Crippen LogP contribution in [0.5, 0.6) is 0 Å². The van der Waals surface area contributed by atoms with E-state index >= 15 is 0 Å². The lowest BCUT2D eigenvalue weighted by molar-refractivity contribution is 0.746. The highest BCUT2D eigenvalue weighted by Gasteiger charge is 1.93. The molecule has 1 aromatic heterocycles. The summed E-state index contributed by atoms with van der Waals surface area (Å²) in [4.78, 5) is 0. The van der Waals surface area contributed by atoms with Crippen molar-refractivity contribution in [1.82, 2.24) is 10.2 Å². The van der Waals surface area contributed by atoms with E-state index < -0.39 is 0 Å². The summed E-state index contributed by atoms with van der Waals surface area (Å²) >= 11 is 7.07. The summed E-state index contributed by atoms with van der Waals surface area (Å²) in [6, 6.07) is 0. The van der Waals surface area contributed by atoms with Gasteiger partial charge in [0.2, 0.25) is 5.13 Å². The Hall–Kier alpha value is -0.350. The molecule has 1 N–H and O–H groups in total. The second kappa shape index (κ2) is 6.20. The van der Waals surface area contributed by atoms with E-state index in [2.05, 4.69) is 15.5 Å². The van der Waals surface area contributed by atoms with Crippen molar-refractivity contribution in [2.75, 3.05) is 17.7 Å². The van der Waals surface area contributed by atoms with Crippen molar-refractivity contribution < 1.29 is 0 Å². The number of alkyl halides is 1. The molecule has 0 amide bonds. The summed E-state index contributed by atoms with van der Waals surface area (Å²) in [5, 5.41) is 11.7. The Morgan fingerprint density at radius 2 is 2.33 bits per heavy atom. The quantitative estimate of drug-likeness (QED) is 0.573. The minimum absolute atomic E-state index is 0.763. The highest BCUT2D eigenvalue weighted by atomic mass is 35.5. The van der Waals surface area contributed by atoms with Crippen LogP contribution < -0.4 is 5.32 Å². The van der Waals surface area contributed by atoms with Crippen LogP contribution in [0.2, 0.25) is 0 Å². The molecule has 1 heterocycles. The minimum Gasteiger partial charge on any atom is -0.360 e. The average Bonchev–Trinajstić information content (AvgIpc) is 2.57. The topological polar surface area (TPSA) is 37.8 Å². The maximum atomic E-state index is 5.54. The molecule has 3 nitrogen and oxygen atoms in total. The molecule has 0 fully saturated rings. The van der Waals surface area contributed by atoms with E-state index in [0.717, 1.165) is 30.4 Å². The second-order valence-corrected chi connectivity index (χ2v) is 3.63. The molecule has 12 heavy (non-hydrogen) atoms. The number of rotatable bonds is 6. The van der Waals surface area contributed by atoms with Crippen molar-refractivity contribution in [3.8, 4) is 0 Å². The van der Waals surface area contributed by atoms with E-state index in [1.165, 1.54) is 17.8 Å². The van der Waals surface area contributed by atoms with Crippen LogP contribution in [0.4, 0.5) is 5.13 Å². The van der Waals surface area contributed by atoms with Crippen molar-refractivity contribution >= 4 is 28.1 Å². The van der Waals surface area contributed by atoms with Crippen molar-refractivity contribution in [3.05, 3.63) is 5.51 Å². The number of nitrogens with zero attached hydrogens (tertiary/aromatic N) is 2. The largest absolute Gasteiger partial charge is 0.360 e. The van der Waals surface area contributed by atoms with Crippen molar-refractivity contribution in [2.45, 2.75) is 19.3 Å². The highest BCUT2D eigenvalue weighted by molar-refractivity contribution is 7.13. The Bertz CT molecular complexity index is 191. The van der Waals surface area contributed by atoms with Gasteiger partial charge in [0.05, 0.1) is 0 Å². The zero-order valence-corrected chi connectivity index (χ0v) is 8.37. The highest BCUT2D eigenvalue weighted by Crippen LogP contribution is 2.08. The van der Waals surface area contributed by atoms with Gasteiger partial charge in [0, 0.05) is 12.4 Å². The minimum atomic E-state index is 0.763. The fourth-order valence-corrected chi connectivity index (χ4v) is 1.50. The van der Waals surface area contributed by atoms with Gasteiger partial charge in [-0.05, 0) is 12.8 Å². The van der Waals surface area contributed by atoms with Gasteiger partial charge in [-0.1, -0.05) is 17.8 Å².